The van der Waals surface area contributed by atoms with Gasteiger partial charge in [-0.05, 0) is 24.9 Å². The van der Waals surface area contributed by atoms with Crippen LogP contribution in [0.2, 0.25) is 0 Å². The monoisotopic (exact) mass is 232 g/mol. The SMILES string of the molecule is O=C(NCc1ccccc1)[C@@H]1CCCCCN1. The van der Waals surface area contributed by atoms with Crippen molar-refractivity contribution in [2.24, 2.45) is 0 Å². The van der Waals surface area contributed by atoms with E-state index in [9.17, 15) is 4.79 Å². The number of carbonyl (C=O) groups is 1. The molecule has 3 heteroatoms. The molecule has 0 aromatic heterocycles. The second-order valence-electron chi connectivity index (χ2n) is 4.56. The van der Waals surface area contributed by atoms with Gasteiger partial charge in [0.05, 0.1) is 6.04 Å². The van der Waals surface area contributed by atoms with Gasteiger partial charge in [-0.1, -0.05) is 43.2 Å². The Morgan fingerprint density at radius 1 is 1.24 bits per heavy atom. The van der Waals surface area contributed by atoms with Crippen molar-refractivity contribution in [2.75, 3.05) is 6.54 Å². The summed E-state index contributed by atoms with van der Waals surface area (Å²) in [6.07, 6.45) is 4.52. The number of rotatable bonds is 3. The Morgan fingerprint density at radius 3 is 2.88 bits per heavy atom. The summed E-state index contributed by atoms with van der Waals surface area (Å²) in [6, 6.07) is 10.0. The van der Waals surface area contributed by atoms with Crippen LogP contribution in [0.3, 0.4) is 0 Å². The Labute approximate surface area is 103 Å². The fourth-order valence-corrected chi connectivity index (χ4v) is 2.16. The summed E-state index contributed by atoms with van der Waals surface area (Å²) in [4.78, 5) is 12.0. The van der Waals surface area contributed by atoms with Gasteiger partial charge in [0.15, 0.2) is 0 Å². The van der Waals surface area contributed by atoms with Crippen LogP contribution in [0.5, 0.6) is 0 Å². The maximum atomic E-state index is 12.0. The van der Waals surface area contributed by atoms with E-state index in [0.29, 0.717) is 6.54 Å². The number of hydrogen-bond donors (Lipinski definition) is 2. The molecule has 0 bridgehead atoms. The van der Waals surface area contributed by atoms with Crippen molar-refractivity contribution in [3.8, 4) is 0 Å². The molecule has 92 valence electrons. The topological polar surface area (TPSA) is 41.1 Å². The Morgan fingerprint density at radius 2 is 2.06 bits per heavy atom. The zero-order valence-corrected chi connectivity index (χ0v) is 10.1. The zero-order valence-electron chi connectivity index (χ0n) is 10.1. The summed E-state index contributed by atoms with van der Waals surface area (Å²) in [5.41, 5.74) is 1.15. The van der Waals surface area contributed by atoms with Crippen molar-refractivity contribution in [3.63, 3.8) is 0 Å². The maximum absolute atomic E-state index is 12.0. The summed E-state index contributed by atoms with van der Waals surface area (Å²) in [7, 11) is 0. The van der Waals surface area contributed by atoms with Crippen molar-refractivity contribution in [3.05, 3.63) is 35.9 Å². The van der Waals surface area contributed by atoms with Crippen LogP contribution in [0.4, 0.5) is 0 Å². The molecule has 1 amide bonds. The first-order valence-electron chi connectivity index (χ1n) is 6.41. The molecule has 0 saturated carbocycles. The van der Waals surface area contributed by atoms with Crippen LogP contribution in [0.1, 0.15) is 31.2 Å². The van der Waals surface area contributed by atoms with Crippen molar-refractivity contribution < 1.29 is 4.79 Å². The van der Waals surface area contributed by atoms with E-state index in [2.05, 4.69) is 10.6 Å². The largest absolute Gasteiger partial charge is 0.351 e. The molecule has 1 saturated heterocycles. The number of carbonyl (C=O) groups excluding carboxylic acids is 1. The van der Waals surface area contributed by atoms with Crippen molar-refractivity contribution >= 4 is 5.91 Å². The van der Waals surface area contributed by atoms with E-state index >= 15 is 0 Å². The van der Waals surface area contributed by atoms with Gasteiger partial charge < -0.3 is 10.6 Å². The fourth-order valence-electron chi connectivity index (χ4n) is 2.16. The molecular formula is C14H20N2O. The van der Waals surface area contributed by atoms with E-state index in [1.54, 1.807) is 0 Å². The quantitative estimate of drug-likeness (QED) is 0.835. The maximum Gasteiger partial charge on any atom is 0.237 e. The minimum Gasteiger partial charge on any atom is -0.351 e. The zero-order chi connectivity index (χ0) is 11.9. The molecule has 1 atom stereocenters. The molecule has 1 aromatic carbocycles. The number of nitrogens with one attached hydrogen (secondary N) is 2. The van der Waals surface area contributed by atoms with Gasteiger partial charge in [-0.2, -0.15) is 0 Å². The van der Waals surface area contributed by atoms with Crippen LogP contribution in [0.15, 0.2) is 30.3 Å². The van der Waals surface area contributed by atoms with Crippen LogP contribution in [-0.4, -0.2) is 18.5 Å². The van der Waals surface area contributed by atoms with Gasteiger partial charge in [-0.15, -0.1) is 0 Å². The molecule has 17 heavy (non-hydrogen) atoms. The number of hydrogen-bond acceptors (Lipinski definition) is 2. The molecule has 0 spiro atoms. The van der Waals surface area contributed by atoms with E-state index in [4.69, 9.17) is 0 Å². The highest BCUT2D eigenvalue weighted by molar-refractivity contribution is 5.81. The minimum atomic E-state index is 0.00112. The van der Waals surface area contributed by atoms with Gasteiger partial charge in [0.1, 0.15) is 0 Å². The Hall–Kier alpha value is -1.35. The van der Waals surface area contributed by atoms with Crippen molar-refractivity contribution in [1.29, 1.82) is 0 Å². The molecule has 1 heterocycles. The standard InChI is InChI=1S/C14H20N2O/c17-14(13-9-5-2-6-10-15-13)16-11-12-7-3-1-4-8-12/h1,3-4,7-8,13,15H,2,5-6,9-11H2,(H,16,17)/t13-/m0/s1. The molecule has 1 aliphatic rings. The highest BCUT2D eigenvalue weighted by Crippen LogP contribution is 2.08. The number of benzene rings is 1. The lowest BCUT2D eigenvalue weighted by molar-refractivity contribution is -0.123. The summed E-state index contributed by atoms with van der Waals surface area (Å²) in [5, 5.41) is 6.30. The predicted molar refractivity (Wildman–Crippen MR) is 68.5 cm³/mol. The second kappa shape index (κ2) is 6.40. The van der Waals surface area contributed by atoms with Crippen LogP contribution in [0.25, 0.3) is 0 Å². The molecule has 0 aliphatic carbocycles. The van der Waals surface area contributed by atoms with E-state index < -0.39 is 0 Å². The normalized spacial score (nSPS) is 20.6. The Balaban J connectivity index is 1.80. The van der Waals surface area contributed by atoms with Crippen molar-refractivity contribution in [1.82, 2.24) is 10.6 Å². The van der Waals surface area contributed by atoms with E-state index in [0.717, 1.165) is 24.9 Å². The van der Waals surface area contributed by atoms with Crippen molar-refractivity contribution in [2.45, 2.75) is 38.3 Å². The lowest BCUT2D eigenvalue weighted by atomic mass is 10.1. The molecule has 0 radical (unpaired) electrons. The minimum absolute atomic E-state index is 0.00112. The van der Waals surface area contributed by atoms with Crippen LogP contribution in [0, 0.1) is 0 Å². The third-order valence-corrected chi connectivity index (χ3v) is 3.19. The van der Waals surface area contributed by atoms with Gasteiger partial charge in [0, 0.05) is 6.54 Å². The first-order chi connectivity index (χ1) is 8.36. The third-order valence-electron chi connectivity index (χ3n) is 3.19. The molecular weight excluding hydrogens is 212 g/mol. The second-order valence-corrected chi connectivity index (χ2v) is 4.56. The first-order valence-corrected chi connectivity index (χ1v) is 6.41. The number of amides is 1. The molecule has 0 unspecified atom stereocenters. The highest BCUT2D eigenvalue weighted by Gasteiger charge is 2.18. The average Bonchev–Trinajstić information content (AvgIpc) is 2.66. The van der Waals surface area contributed by atoms with E-state index in [1.807, 2.05) is 30.3 Å². The lowest BCUT2D eigenvalue weighted by Gasteiger charge is -2.15. The third kappa shape index (κ3) is 3.86. The Bertz CT molecular complexity index is 342. The van der Waals surface area contributed by atoms with Crippen LogP contribution < -0.4 is 10.6 Å². The lowest BCUT2D eigenvalue weighted by Crippen LogP contribution is -2.43. The summed E-state index contributed by atoms with van der Waals surface area (Å²) in [6.45, 7) is 1.58. The van der Waals surface area contributed by atoms with Gasteiger partial charge in [0.2, 0.25) is 5.91 Å². The predicted octanol–water partition coefficient (Wildman–Crippen LogP) is 1.83. The average molecular weight is 232 g/mol. The first kappa shape index (κ1) is 12.1. The molecule has 2 rings (SSSR count). The summed E-state index contributed by atoms with van der Waals surface area (Å²) < 4.78 is 0. The van der Waals surface area contributed by atoms with Crippen LogP contribution in [-0.2, 0) is 11.3 Å². The van der Waals surface area contributed by atoms with Crippen LogP contribution >= 0.6 is 0 Å². The molecule has 1 aliphatic heterocycles. The fraction of sp³-hybridized carbons (Fsp3) is 0.500. The van der Waals surface area contributed by atoms with E-state index in [-0.39, 0.29) is 11.9 Å². The van der Waals surface area contributed by atoms with Gasteiger partial charge >= 0.3 is 0 Å². The van der Waals surface area contributed by atoms with E-state index in [1.165, 1.54) is 12.8 Å². The highest BCUT2D eigenvalue weighted by atomic mass is 16.2. The molecule has 1 fully saturated rings. The molecule has 3 nitrogen and oxygen atoms in total. The smallest absolute Gasteiger partial charge is 0.237 e. The van der Waals surface area contributed by atoms with Gasteiger partial charge in [0.25, 0.3) is 0 Å². The van der Waals surface area contributed by atoms with Gasteiger partial charge in [-0.25, -0.2) is 0 Å². The van der Waals surface area contributed by atoms with Gasteiger partial charge in [-0.3, -0.25) is 4.79 Å². The summed E-state index contributed by atoms with van der Waals surface area (Å²) in [5.74, 6) is 0.135. The molecule has 2 N–H and O–H groups in total. The summed E-state index contributed by atoms with van der Waals surface area (Å²) >= 11 is 0. The molecule has 1 aromatic rings. The Kier molecular flexibility index (Phi) is 4.56.